The first kappa shape index (κ1) is 18.0. The van der Waals surface area contributed by atoms with Crippen molar-refractivity contribution in [1.29, 1.82) is 0 Å². The van der Waals surface area contributed by atoms with Gasteiger partial charge in [0.25, 0.3) is 11.6 Å². The Bertz CT molecular complexity index is 786. The number of benzene rings is 2. The molecular formula is C16H14Cl2N2O4. The highest BCUT2D eigenvalue weighted by Crippen LogP contribution is 2.28. The lowest BCUT2D eigenvalue weighted by Gasteiger charge is -2.10. The van der Waals surface area contributed by atoms with Gasteiger partial charge in [0.1, 0.15) is 11.4 Å². The second-order valence-corrected chi connectivity index (χ2v) is 5.94. The van der Waals surface area contributed by atoms with Crippen molar-refractivity contribution in [2.24, 2.45) is 0 Å². The second kappa shape index (κ2) is 7.51. The van der Waals surface area contributed by atoms with Gasteiger partial charge in [0, 0.05) is 16.1 Å². The molecule has 0 aliphatic carbocycles. The SMILES string of the molecule is Cc1cc(OCC(=O)Nc2ccc(Cl)cc2[N+](=O)[O-])cc(C)c1Cl. The smallest absolute Gasteiger partial charge is 0.294 e. The Morgan fingerprint density at radius 3 is 2.42 bits per heavy atom. The molecule has 0 aromatic heterocycles. The predicted molar refractivity (Wildman–Crippen MR) is 93.2 cm³/mol. The van der Waals surface area contributed by atoms with Crippen LogP contribution in [0.15, 0.2) is 30.3 Å². The number of hydrogen-bond donors (Lipinski definition) is 1. The van der Waals surface area contributed by atoms with Gasteiger partial charge < -0.3 is 10.1 Å². The van der Waals surface area contributed by atoms with E-state index in [2.05, 4.69) is 5.32 Å². The lowest BCUT2D eigenvalue weighted by atomic mass is 10.1. The van der Waals surface area contributed by atoms with E-state index in [9.17, 15) is 14.9 Å². The fourth-order valence-electron chi connectivity index (χ4n) is 2.09. The van der Waals surface area contributed by atoms with Crippen LogP contribution in [0, 0.1) is 24.0 Å². The molecule has 0 aliphatic heterocycles. The first-order valence-electron chi connectivity index (χ1n) is 6.91. The summed E-state index contributed by atoms with van der Waals surface area (Å²) in [5.74, 6) is -0.0270. The Morgan fingerprint density at radius 1 is 1.21 bits per heavy atom. The molecule has 0 atom stereocenters. The number of hydrogen-bond acceptors (Lipinski definition) is 4. The number of nitrogens with zero attached hydrogens (tertiary/aromatic N) is 1. The van der Waals surface area contributed by atoms with E-state index < -0.39 is 10.8 Å². The average Bonchev–Trinajstić information content (AvgIpc) is 2.52. The summed E-state index contributed by atoms with van der Waals surface area (Å²) < 4.78 is 5.41. The van der Waals surface area contributed by atoms with E-state index in [0.29, 0.717) is 10.8 Å². The van der Waals surface area contributed by atoms with Crippen molar-refractivity contribution in [2.75, 3.05) is 11.9 Å². The molecule has 2 aromatic rings. The molecule has 0 saturated heterocycles. The summed E-state index contributed by atoms with van der Waals surface area (Å²) in [5.41, 5.74) is 1.44. The first-order chi connectivity index (χ1) is 11.3. The number of aryl methyl sites for hydroxylation is 2. The highest BCUT2D eigenvalue weighted by molar-refractivity contribution is 6.32. The Morgan fingerprint density at radius 2 is 1.83 bits per heavy atom. The number of anilines is 1. The number of ether oxygens (including phenoxy) is 1. The molecule has 2 rings (SSSR count). The fourth-order valence-corrected chi connectivity index (χ4v) is 2.36. The molecule has 2 aromatic carbocycles. The summed E-state index contributed by atoms with van der Waals surface area (Å²) in [7, 11) is 0. The molecule has 126 valence electrons. The molecule has 0 fully saturated rings. The van der Waals surface area contributed by atoms with Gasteiger partial charge in [-0.25, -0.2) is 0 Å². The summed E-state index contributed by atoms with van der Waals surface area (Å²) in [6.45, 7) is 3.37. The largest absolute Gasteiger partial charge is 0.484 e. The average molecular weight is 369 g/mol. The van der Waals surface area contributed by atoms with Crippen LogP contribution in [0.2, 0.25) is 10.0 Å². The summed E-state index contributed by atoms with van der Waals surface area (Å²) in [5, 5.41) is 14.3. The second-order valence-electron chi connectivity index (χ2n) is 5.13. The van der Waals surface area contributed by atoms with E-state index in [1.165, 1.54) is 18.2 Å². The Labute approximate surface area is 148 Å². The zero-order valence-electron chi connectivity index (χ0n) is 12.9. The Balaban J connectivity index is 2.06. The number of nitro benzene ring substituents is 1. The normalized spacial score (nSPS) is 10.3. The zero-order valence-corrected chi connectivity index (χ0v) is 14.4. The molecule has 0 aliphatic rings. The highest BCUT2D eigenvalue weighted by Gasteiger charge is 2.16. The van der Waals surface area contributed by atoms with Gasteiger partial charge in [0.05, 0.1) is 4.92 Å². The summed E-state index contributed by atoms with van der Waals surface area (Å²) >= 11 is 11.8. The topological polar surface area (TPSA) is 81.5 Å². The molecule has 0 unspecified atom stereocenters. The van der Waals surface area contributed by atoms with Crippen LogP contribution < -0.4 is 10.1 Å². The molecular weight excluding hydrogens is 355 g/mol. The van der Waals surface area contributed by atoms with Crippen LogP contribution in [0.3, 0.4) is 0 Å². The molecule has 0 radical (unpaired) electrons. The third-order valence-corrected chi connectivity index (χ3v) is 4.04. The molecule has 0 bridgehead atoms. The molecule has 1 amide bonds. The van der Waals surface area contributed by atoms with Crippen molar-refractivity contribution in [2.45, 2.75) is 13.8 Å². The van der Waals surface area contributed by atoms with Crippen molar-refractivity contribution in [3.63, 3.8) is 0 Å². The van der Waals surface area contributed by atoms with Crippen LogP contribution in [0.25, 0.3) is 0 Å². The van der Waals surface area contributed by atoms with E-state index in [4.69, 9.17) is 27.9 Å². The fraction of sp³-hybridized carbons (Fsp3) is 0.188. The number of rotatable bonds is 5. The Kier molecular flexibility index (Phi) is 5.64. The predicted octanol–water partition coefficient (Wildman–Crippen LogP) is 4.54. The quantitative estimate of drug-likeness (QED) is 0.620. The maximum atomic E-state index is 12.0. The van der Waals surface area contributed by atoms with Gasteiger partial charge in [0.2, 0.25) is 0 Å². The van der Waals surface area contributed by atoms with Crippen LogP contribution >= 0.6 is 23.2 Å². The van der Waals surface area contributed by atoms with Gasteiger partial charge in [-0.2, -0.15) is 0 Å². The molecule has 24 heavy (non-hydrogen) atoms. The first-order valence-corrected chi connectivity index (χ1v) is 7.67. The molecule has 6 nitrogen and oxygen atoms in total. The van der Waals surface area contributed by atoms with Crippen molar-refractivity contribution in [3.8, 4) is 5.75 Å². The number of carbonyl (C=O) groups is 1. The third kappa shape index (κ3) is 4.37. The van der Waals surface area contributed by atoms with E-state index in [1.807, 2.05) is 13.8 Å². The maximum Gasteiger partial charge on any atom is 0.294 e. The van der Waals surface area contributed by atoms with Gasteiger partial charge in [-0.05, 0) is 49.2 Å². The number of nitrogens with one attached hydrogen (secondary N) is 1. The van der Waals surface area contributed by atoms with Crippen LogP contribution in [0.1, 0.15) is 11.1 Å². The molecule has 8 heteroatoms. The van der Waals surface area contributed by atoms with E-state index in [0.717, 1.165) is 11.1 Å². The van der Waals surface area contributed by atoms with E-state index in [1.54, 1.807) is 12.1 Å². The number of halogens is 2. The molecule has 0 saturated carbocycles. The summed E-state index contributed by atoms with van der Waals surface area (Å²) in [6.07, 6.45) is 0. The van der Waals surface area contributed by atoms with E-state index >= 15 is 0 Å². The van der Waals surface area contributed by atoms with Crippen LogP contribution in [-0.2, 0) is 4.79 Å². The maximum absolute atomic E-state index is 12.0. The third-order valence-electron chi connectivity index (χ3n) is 3.21. The summed E-state index contributed by atoms with van der Waals surface area (Å²) in [4.78, 5) is 22.3. The number of amides is 1. The van der Waals surface area contributed by atoms with Gasteiger partial charge in [-0.15, -0.1) is 0 Å². The molecule has 0 spiro atoms. The van der Waals surface area contributed by atoms with Gasteiger partial charge >= 0.3 is 0 Å². The van der Waals surface area contributed by atoms with Crippen LogP contribution in [-0.4, -0.2) is 17.4 Å². The minimum atomic E-state index is -0.617. The van der Waals surface area contributed by atoms with E-state index in [-0.39, 0.29) is 23.0 Å². The van der Waals surface area contributed by atoms with Crippen LogP contribution in [0.5, 0.6) is 5.75 Å². The summed E-state index contributed by atoms with van der Waals surface area (Å²) in [6, 6.07) is 7.43. The number of nitro groups is 1. The van der Waals surface area contributed by atoms with Gasteiger partial charge in [-0.1, -0.05) is 23.2 Å². The van der Waals surface area contributed by atoms with Crippen LogP contribution in [0.4, 0.5) is 11.4 Å². The van der Waals surface area contributed by atoms with Crippen molar-refractivity contribution in [1.82, 2.24) is 0 Å². The minimum Gasteiger partial charge on any atom is -0.484 e. The Hall–Kier alpha value is -2.31. The van der Waals surface area contributed by atoms with Gasteiger partial charge in [0.15, 0.2) is 6.61 Å². The zero-order chi connectivity index (χ0) is 17.9. The van der Waals surface area contributed by atoms with Crippen molar-refractivity contribution < 1.29 is 14.5 Å². The minimum absolute atomic E-state index is 0.0569. The molecule has 1 N–H and O–H groups in total. The van der Waals surface area contributed by atoms with Crippen molar-refractivity contribution in [3.05, 3.63) is 61.6 Å². The highest BCUT2D eigenvalue weighted by atomic mass is 35.5. The lowest BCUT2D eigenvalue weighted by molar-refractivity contribution is -0.383. The monoisotopic (exact) mass is 368 g/mol. The molecule has 0 heterocycles. The lowest BCUT2D eigenvalue weighted by Crippen LogP contribution is -2.20. The standard InChI is InChI=1S/C16H14Cl2N2O4/c1-9-5-12(6-10(2)16(9)18)24-8-15(21)19-13-4-3-11(17)7-14(13)20(22)23/h3-7H,8H2,1-2H3,(H,19,21). The van der Waals surface area contributed by atoms with Crippen molar-refractivity contribution >= 4 is 40.5 Å². The van der Waals surface area contributed by atoms with Gasteiger partial charge in [-0.3, -0.25) is 14.9 Å². The number of carbonyl (C=O) groups excluding carboxylic acids is 1.